The van der Waals surface area contributed by atoms with Gasteiger partial charge in [0.25, 0.3) is 0 Å². The van der Waals surface area contributed by atoms with E-state index in [-0.39, 0.29) is 6.03 Å². The fourth-order valence-electron chi connectivity index (χ4n) is 3.79. The molecule has 0 radical (unpaired) electrons. The number of aryl methyl sites for hydroxylation is 1. The summed E-state index contributed by atoms with van der Waals surface area (Å²) in [5.74, 6) is 2.36. The highest BCUT2D eigenvalue weighted by atomic mass is 16.5. The molecule has 1 N–H and O–H groups in total. The van der Waals surface area contributed by atoms with Crippen LogP contribution in [0.2, 0.25) is 0 Å². The van der Waals surface area contributed by atoms with Gasteiger partial charge in [-0.25, -0.2) is 4.79 Å². The second kappa shape index (κ2) is 6.92. The van der Waals surface area contributed by atoms with E-state index in [2.05, 4.69) is 15.4 Å². The first-order valence-electron chi connectivity index (χ1n) is 8.98. The minimum atomic E-state index is -0.104. The van der Waals surface area contributed by atoms with Crippen molar-refractivity contribution in [2.24, 2.45) is 5.92 Å². The molecule has 0 aliphatic carbocycles. The van der Waals surface area contributed by atoms with Crippen LogP contribution in [0.5, 0.6) is 0 Å². The molecule has 0 bridgehead atoms. The van der Waals surface area contributed by atoms with Gasteiger partial charge in [-0.1, -0.05) is 5.16 Å². The van der Waals surface area contributed by atoms with Gasteiger partial charge in [-0.2, -0.15) is 0 Å². The lowest BCUT2D eigenvalue weighted by atomic mass is 10.1. The number of rotatable bonds is 4. The number of hydrogen-bond acceptors (Lipinski definition) is 5. The summed E-state index contributed by atoms with van der Waals surface area (Å²) in [5, 5.41) is 6.78. The van der Waals surface area contributed by atoms with Gasteiger partial charge in [0.2, 0.25) is 0 Å². The van der Waals surface area contributed by atoms with E-state index in [0.717, 1.165) is 37.4 Å². The number of likely N-dealkylation sites (tertiary alicyclic amines) is 2. The number of amides is 2. The van der Waals surface area contributed by atoms with E-state index in [1.807, 2.05) is 17.9 Å². The predicted molar refractivity (Wildman–Crippen MR) is 93.3 cm³/mol. The van der Waals surface area contributed by atoms with Crippen molar-refractivity contribution in [2.75, 3.05) is 38.0 Å². The van der Waals surface area contributed by atoms with Gasteiger partial charge in [0.15, 0.2) is 11.6 Å². The molecule has 2 saturated heterocycles. The summed E-state index contributed by atoms with van der Waals surface area (Å²) in [4.78, 5) is 16.9. The first-order chi connectivity index (χ1) is 12.2. The summed E-state index contributed by atoms with van der Waals surface area (Å²) in [7, 11) is 0. The molecule has 25 heavy (non-hydrogen) atoms. The highest BCUT2D eigenvalue weighted by molar-refractivity contribution is 5.89. The molecule has 4 heterocycles. The Kier molecular flexibility index (Phi) is 4.48. The van der Waals surface area contributed by atoms with Crippen molar-refractivity contribution >= 4 is 11.8 Å². The zero-order valence-electron chi connectivity index (χ0n) is 14.5. The van der Waals surface area contributed by atoms with Gasteiger partial charge in [-0.15, -0.1) is 0 Å². The Hall–Kier alpha value is -2.28. The average Bonchev–Trinajstić information content (AvgIpc) is 3.35. The quantitative estimate of drug-likeness (QED) is 0.922. The Bertz CT molecular complexity index is 732. The Balaban J connectivity index is 1.32. The molecule has 2 aliphatic heterocycles. The fraction of sp³-hybridized carbons (Fsp3) is 0.556. The summed E-state index contributed by atoms with van der Waals surface area (Å²) in [6.45, 7) is 7.00. The number of carbonyl (C=O) groups excluding carboxylic acids is 1. The van der Waals surface area contributed by atoms with E-state index in [1.165, 1.54) is 25.9 Å². The van der Waals surface area contributed by atoms with Crippen LogP contribution in [0.25, 0.3) is 11.3 Å². The van der Waals surface area contributed by atoms with Crippen LogP contribution in [-0.2, 0) is 0 Å². The Morgan fingerprint density at radius 1 is 1.36 bits per heavy atom. The standard InChI is InChI=1S/C18H24N4O3/c1-13-15(5-9-24-13)16-10-17(20-25-16)19-18(23)22-8-4-14(12-22)11-21-6-2-3-7-21/h5,9-10,14H,2-4,6-8,11-12H2,1H3,(H,19,20,23)/t14-/m1/s1. The number of hydrogen-bond donors (Lipinski definition) is 1. The largest absolute Gasteiger partial charge is 0.469 e. The van der Waals surface area contributed by atoms with Gasteiger partial charge in [0.05, 0.1) is 11.8 Å². The van der Waals surface area contributed by atoms with Crippen LogP contribution in [0.4, 0.5) is 10.6 Å². The molecule has 0 aromatic carbocycles. The van der Waals surface area contributed by atoms with Gasteiger partial charge in [0, 0.05) is 25.7 Å². The first-order valence-corrected chi connectivity index (χ1v) is 8.98. The van der Waals surface area contributed by atoms with Crippen LogP contribution in [0.3, 0.4) is 0 Å². The normalized spacial score (nSPS) is 21.2. The molecule has 0 spiro atoms. The van der Waals surface area contributed by atoms with Crippen molar-refractivity contribution in [2.45, 2.75) is 26.2 Å². The third-order valence-electron chi connectivity index (χ3n) is 5.16. The van der Waals surface area contributed by atoms with E-state index in [9.17, 15) is 4.79 Å². The maximum atomic E-state index is 12.5. The zero-order chi connectivity index (χ0) is 17.2. The van der Waals surface area contributed by atoms with E-state index in [1.54, 1.807) is 12.3 Å². The predicted octanol–water partition coefficient (Wildman–Crippen LogP) is 3.19. The minimum absolute atomic E-state index is 0.104. The maximum absolute atomic E-state index is 12.5. The van der Waals surface area contributed by atoms with Crippen molar-refractivity contribution < 1.29 is 13.7 Å². The second-order valence-electron chi connectivity index (χ2n) is 7.01. The Morgan fingerprint density at radius 3 is 2.96 bits per heavy atom. The number of furan rings is 1. The first kappa shape index (κ1) is 16.2. The molecule has 0 unspecified atom stereocenters. The molecular formula is C18H24N4O3. The van der Waals surface area contributed by atoms with Crippen LogP contribution < -0.4 is 5.32 Å². The molecule has 1 atom stereocenters. The molecular weight excluding hydrogens is 320 g/mol. The summed E-state index contributed by atoms with van der Waals surface area (Å²) < 4.78 is 10.6. The second-order valence-corrected chi connectivity index (χ2v) is 7.01. The van der Waals surface area contributed by atoms with Crippen LogP contribution in [0.15, 0.2) is 27.3 Å². The van der Waals surface area contributed by atoms with Gasteiger partial charge in [0.1, 0.15) is 5.76 Å². The van der Waals surface area contributed by atoms with Gasteiger partial charge in [-0.05, 0) is 51.3 Å². The SMILES string of the molecule is Cc1occc1-c1cc(NC(=O)N2CC[C@H](CN3CCCC3)C2)no1. The summed E-state index contributed by atoms with van der Waals surface area (Å²) >= 11 is 0. The summed E-state index contributed by atoms with van der Waals surface area (Å²) in [6.07, 6.45) is 5.29. The third kappa shape index (κ3) is 3.56. The number of carbonyl (C=O) groups is 1. The van der Waals surface area contributed by atoms with Gasteiger partial charge < -0.3 is 18.7 Å². The van der Waals surface area contributed by atoms with Crippen molar-refractivity contribution in [3.05, 3.63) is 24.2 Å². The molecule has 7 heteroatoms. The average molecular weight is 344 g/mol. The molecule has 4 rings (SSSR count). The van der Waals surface area contributed by atoms with Gasteiger partial charge >= 0.3 is 6.03 Å². The van der Waals surface area contributed by atoms with E-state index in [4.69, 9.17) is 8.94 Å². The van der Waals surface area contributed by atoms with Crippen LogP contribution in [-0.4, -0.2) is 53.7 Å². The lowest BCUT2D eigenvalue weighted by molar-refractivity contribution is 0.217. The number of aromatic nitrogens is 1. The van der Waals surface area contributed by atoms with Crippen LogP contribution in [0.1, 0.15) is 25.0 Å². The fourth-order valence-corrected chi connectivity index (χ4v) is 3.79. The minimum Gasteiger partial charge on any atom is -0.469 e. The van der Waals surface area contributed by atoms with Crippen LogP contribution in [0, 0.1) is 12.8 Å². The molecule has 0 saturated carbocycles. The topological polar surface area (TPSA) is 74.8 Å². The van der Waals surface area contributed by atoms with Gasteiger partial charge in [-0.3, -0.25) is 5.32 Å². The number of anilines is 1. The monoisotopic (exact) mass is 344 g/mol. The molecule has 2 fully saturated rings. The Morgan fingerprint density at radius 2 is 2.20 bits per heavy atom. The Labute approximate surface area is 146 Å². The van der Waals surface area contributed by atoms with Crippen molar-refractivity contribution in [1.82, 2.24) is 15.0 Å². The lowest BCUT2D eigenvalue weighted by Crippen LogP contribution is -2.34. The van der Waals surface area contributed by atoms with E-state index < -0.39 is 0 Å². The maximum Gasteiger partial charge on any atom is 0.323 e. The molecule has 2 amide bonds. The molecule has 2 aromatic rings. The summed E-state index contributed by atoms with van der Waals surface area (Å²) in [5.41, 5.74) is 0.847. The molecule has 134 valence electrons. The summed E-state index contributed by atoms with van der Waals surface area (Å²) in [6, 6.07) is 3.45. The highest BCUT2D eigenvalue weighted by Gasteiger charge is 2.28. The molecule has 2 aromatic heterocycles. The van der Waals surface area contributed by atoms with Crippen molar-refractivity contribution in [3.63, 3.8) is 0 Å². The smallest absolute Gasteiger partial charge is 0.323 e. The van der Waals surface area contributed by atoms with Crippen molar-refractivity contribution in [1.29, 1.82) is 0 Å². The zero-order valence-corrected chi connectivity index (χ0v) is 14.5. The van der Waals surface area contributed by atoms with E-state index >= 15 is 0 Å². The van der Waals surface area contributed by atoms with Crippen LogP contribution >= 0.6 is 0 Å². The number of nitrogens with one attached hydrogen (secondary N) is 1. The van der Waals surface area contributed by atoms with E-state index in [0.29, 0.717) is 17.5 Å². The third-order valence-corrected chi connectivity index (χ3v) is 5.16. The number of nitrogens with zero attached hydrogens (tertiary/aromatic N) is 3. The molecule has 7 nitrogen and oxygen atoms in total. The van der Waals surface area contributed by atoms with Crippen molar-refractivity contribution in [3.8, 4) is 11.3 Å². The highest BCUT2D eigenvalue weighted by Crippen LogP contribution is 2.27. The molecule has 2 aliphatic rings. The number of urea groups is 1. The lowest BCUT2D eigenvalue weighted by Gasteiger charge is -2.20.